The first-order chi connectivity index (χ1) is 14.0. The molecule has 30 heavy (non-hydrogen) atoms. The Morgan fingerprint density at radius 1 is 1.30 bits per heavy atom. The zero-order valence-electron chi connectivity index (χ0n) is 16.5. The maximum atomic E-state index is 13.1. The van der Waals surface area contributed by atoms with Crippen molar-refractivity contribution < 1.29 is 29.0 Å². The van der Waals surface area contributed by atoms with Crippen molar-refractivity contribution in [3.05, 3.63) is 28.7 Å². The summed E-state index contributed by atoms with van der Waals surface area (Å²) in [6.45, 7) is 5.02. The number of thioether (sulfide) groups is 2. The number of halogens is 1. The second-order valence-electron chi connectivity index (χ2n) is 7.35. The highest BCUT2D eigenvalue weighted by atomic mass is 79.9. The fraction of sp³-hybridized carbons (Fsp3) is 0.474. The summed E-state index contributed by atoms with van der Waals surface area (Å²) < 4.78 is 5.17. The van der Waals surface area contributed by atoms with Crippen LogP contribution in [-0.4, -0.2) is 67.8 Å². The van der Waals surface area contributed by atoms with Gasteiger partial charge in [0.15, 0.2) is 0 Å². The van der Waals surface area contributed by atoms with Crippen molar-refractivity contribution in [3.63, 3.8) is 0 Å². The van der Waals surface area contributed by atoms with Crippen molar-refractivity contribution in [2.45, 2.75) is 47.4 Å². The molecule has 3 atom stereocenters. The molecule has 0 saturated carbocycles. The molecule has 1 aromatic carbocycles. The quantitative estimate of drug-likeness (QED) is 0.245. The molecule has 0 bridgehead atoms. The molecule has 1 aromatic rings. The second-order valence-corrected chi connectivity index (χ2v) is 11.0. The van der Waals surface area contributed by atoms with Gasteiger partial charge in [0.1, 0.15) is 11.4 Å². The maximum absolute atomic E-state index is 13.1. The molecule has 3 rings (SSSR count). The molecule has 2 aliphatic heterocycles. The van der Waals surface area contributed by atoms with E-state index in [1.165, 1.54) is 23.5 Å². The molecule has 0 unspecified atom stereocenters. The van der Waals surface area contributed by atoms with Crippen molar-refractivity contribution in [1.82, 2.24) is 10.2 Å². The Hall–Kier alpha value is -1.72. The first kappa shape index (κ1) is 23.0. The topological polar surface area (TPSA) is 113 Å². The van der Waals surface area contributed by atoms with Crippen LogP contribution in [-0.2, 0) is 23.9 Å². The van der Waals surface area contributed by atoms with Gasteiger partial charge in [0.2, 0.25) is 11.4 Å². The van der Waals surface area contributed by atoms with Gasteiger partial charge < -0.3 is 20.1 Å². The predicted molar refractivity (Wildman–Crippen MR) is 116 cm³/mol. The summed E-state index contributed by atoms with van der Waals surface area (Å²) in [5, 5.41) is 11.3. The number of hydrogen-bond donors (Lipinski definition) is 2. The van der Waals surface area contributed by atoms with Gasteiger partial charge in [-0.1, -0.05) is 15.9 Å². The Bertz CT molecular complexity index is 894. The summed E-state index contributed by atoms with van der Waals surface area (Å²) in [5.41, 5.74) is -1.92. The number of amides is 2. The number of carboxylic acid groups (broad SMARTS) is 1. The molecule has 2 aliphatic rings. The van der Waals surface area contributed by atoms with E-state index in [0.717, 1.165) is 14.3 Å². The summed E-state index contributed by atoms with van der Waals surface area (Å²) in [6, 6.07) is 6.27. The van der Waals surface area contributed by atoms with E-state index in [1.54, 1.807) is 20.8 Å². The zero-order valence-corrected chi connectivity index (χ0v) is 19.7. The lowest BCUT2D eigenvalue weighted by atomic mass is 9.84. The average Bonchev–Trinajstić information content (AvgIpc) is 2.94. The Balaban J connectivity index is 1.81. The predicted octanol–water partition coefficient (Wildman–Crippen LogP) is 2.11. The van der Waals surface area contributed by atoms with Gasteiger partial charge in [0, 0.05) is 14.1 Å². The highest BCUT2D eigenvalue weighted by molar-refractivity contribution is 9.10. The fourth-order valence-electron chi connectivity index (χ4n) is 3.59. The molecule has 2 amide bonds. The fourth-order valence-corrected chi connectivity index (χ4v) is 6.24. The summed E-state index contributed by atoms with van der Waals surface area (Å²) in [5.74, 6) is -3.30. The van der Waals surface area contributed by atoms with Gasteiger partial charge in [0.05, 0.1) is 12.4 Å². The van der Waals surface area contributed by atoms with Crippen LogP contribution in [0.4, 0.5) is 0 Å². The summed E-state index contributed by atoms with van der Waals surface area (Å²) >= 11 is 5.78. The van der Waals surface area contributed by atoms with Gasteiger partial charge in [-0.05, 0) is 45.0 Å². The molecule has 162 valence electrons. The molecule has 0 aliphatic carbocycles. The second kappa shape index (κ2) is 8.43. The number of carbonyl (C=O) groups is 4. The first-order valence-electron chi connectivity index (χ1n) is 9.14. The van der Waals surface area contributed by atoms with Gasteiger partial charge in [-0.2, -0.15) is 0 Å². The summed E-state index contributed by atoms with van der Waals surface area (Å²) in [4.78, 5) is 52.3. The molecule has 2 fully saturated rings. The largest absolute Gasteiger partial charge is 0.480 e. The van der Waals surface area contributed by atoms with Crippen LogP contribution >= 0.6 is 39.5 Å². The maximum Gasteiger partial charge on any atom is 0.344 e. The highest BCUT2D eigenvalue weighted by Crippen LogP contribution is 2.55. The smallest absolute Gasteiger partial charge is 0.344 e. The monoisotopic (exact) mass is 516 g/mol. The number of aliphatic carboxylic acids is 1. The Kier molecular flexibility index (Phi) is 6.45. The third-order valence-corrected chi connectivity index (χ3v) is 8.07. The van der Waals surface area contributed by atoms with E-state index >= 15 is 0 Å². The molecule has 8 nitrogen and oxygen atoms in total. The number of rotatable bonds is 7. The van der Waals surface area contributed by atoms with Crippen LogP contribution in [0.1, 0.15) is 20.8 Å². The first-order valence-corrected chi connectivity index (χ1v) is 11.8. The number of benzene rings is 1. The van der Waals surface area contributed by atoms with Crippen LogP contribution in [0, 0.1) is 0 Å². The number of carbonyl (C=O) groups excluding carboxylic acids is 3. The van der Waals surface area contributed by atoms with E-state index in [9.17, 15) is 24.3 Å². The van der Waals surface area contributed by atoms with E-state index in [2.05, 4.69) is 21.2 Å². The Morgan fingerprint density at radius 2 is 1.93 bits per heavy atom. The highest BCUT2D eigenvalue weighted by Gasteiger charge is 2.76. The summed E-state index contributed by atoms with van der Waals surface area (Å²) in [6.07, 6.45) is 0. The minimum atomic E-state index is -1.92. The normalized spacial score (nSPS) is 26.5. The van der Waals surface area contributed by atoms with Gasteiger partial charge in [-0.15, -0.1) is 23.5 Å². The lowest BCUT2D eigenvalue weighted by Crippen LogP contribution is -2.83. The van der Waals surface area contributed by atoms with E-state index in [0.29, 0.717) is 0 Å². The number of β-lactam (4-membered cyclic amide) rings is 1. The average molecular weight is 517 g/mol. The number of esters is 1. The molecule has 0 aromatic heterocycles. The minimum Gasteiger partial charge on any atom is -0.480 e. The Morgan fingerprint density at radius 3 is 2.50 bits per heavy atom. The molecule has 2 saturated heterocycles. The third-order valence-electron chi connectivity index (χ3n) is 4.90. The van der Waals surface area contributed by atoms with Crippen molar-refractivity contribution in [2.75, 3.05) is 12.4 Å². The van der Waals surface area contributed by atoms with Crippen LogP contribution in [0.2, 0.25) is 0 Å². The number of carboxylic acids is 1. The standard InChI is InChI=1S/C19H21BrN2O6S2/c1-4-28-17(27)19(21-12(23)9-29-11-7-5-10(20)6-8-11)15(26)22-13(14(24)25)18(2,3)30-16(19)22/h5-8,13,16H,4,9H2,1-3H3,(H,21,23)(H,24,25)/t13-,16+,19-/m0/s1. The van der Waals surface area contributed by atoms with Crippen molar-refractivity contribution >= 4 is 63.2 Å². The van der Waals surface area contributed by atoms with Gasteiger partial charge in [0.25, 0.3) is 5.91 Å². The van der Waals surface area contributed by atoms with Crippen LogP contribution in [0.25, 0.3) is 0 Å². The van der Waals surface area contributed by atoms with Gasteiger partial charge in [-0.3, -0.25) is 9.59 Å². The number of nitrogens with zero attached hydrogens (tertiary/aromatic N) is 1. The molecule has 0 radical (unpaired) electrons. The number of fused-ring (bicyclic) bond motifs is 1. The molecular formula is C19H21BrN2O6S2. The lowest BCUT2D eigenvalue weighted by Gasteiger charge is -2.50. The van der Waals surface area contributed by atoms with Crippen LogP contribution in [0.5, 0.6) is 0 Å². The van der Waals surface area contributed by atoms with Crippen LogP contribution < -0.4 is 5.32 Å². The van der Waals surface area contributed by atoms with Gasteiger partial charge in [-0.25, -0.2) is 9.59 Å². The molecule has 0 spiro atoms. The van der Waals surface area contributed by atoms with E-state index in [-0.39, 0.29) is 12.4 Å². The number of nitrogens with one attached hydrogen (secondary N) is 1. The van der Waals surface area contributed by atoms with E-state index in [4.69, 9.17) is 4.74 Å². The summed E-state index contributed by atoms with van der Waals surface area (Å²) in [7, 11) is 0. The lowest BCUT2D eigenvalue weighted by molar-refractivity contribution is -0.181. The molecular weight excluding hydrogens is 496 g/mol. The zero-order chi connectivity index (χ0) is 22.3. The van der Waals surface area contributed by atoms with E-state index in [1.807, 2.05) is 24.3 Å². The molecule has 2 heterocycles. The number of ether oxygens (including phenoxy) is 1. The molecule has 11 heteroatoms. The van der Waals surface area contributed by atoms with E-state index < -0.39 is 45.5 Å². The SMILES string of the molecule is CCOC(=O)[C@]1(NC(=O)CSc2ccc(Br)cc2)C(=O)N2[C@@H](C(=O)O)C(C)(C)S[C@@H]21. The number of hydrogen-bond acceptors (Lipinski definition) is 7. The van der Waals surface area contributed by atoms with Crippen LogP contribution in [0.3, 0.4) is 0 Å². The molecule has 2 N–H and O–H groups in total. The Labute approximate surface area is 190 Å². The third kappa shape index (κ3) is 3.82. The van der Waals surface area contributed by atoms with Crippen molar-refractivity contribution in [2.24, 2.45) is 0 Å². The van der Waals surface area contributed by atoms with Crippen molar-refractivity contribution in [3.8, 4) is 0 Å². The van der Waals surface area contributed by atoms with Crippen molar-refractivity contribution in [1.29, 1.82) is 0 Å². The van der Waals surface area contributed by atoms with Crippen LogP contribution in [0.15, 0.2) is 33.6 Å². The van der Waals surface area contributed by atoms with Gasteiger partial charge >= 0.3 is 11.9 Å². The minimum absolute atomic E-state index is 0.0147.